The van der Waals surface area contributed by atoms with Crippen molar-refractivity contribution in [2.75, 3.05) is 11.9 Å². The Morgan fingerprint density at radius 1 is 1.16 bits per heavy atom. The highest BCUT2D eigenvalue weighted by molar-refractivity contribution is 6.30. The van der Waals surface area contributed by atoms with Crippen LogP contribution in [0.3, 0.4) is 0 Å². The normalized spacial score (nSPS) is 12.2. The molecule has 0 aliphatic carbocycles. The fourth-order valence-corrected chi connectivity index (χ4v) is 1.90. The third-order valence-electron chi connectivity index (χ3n) is 2.75. The first-order chi connectivity index (χ1) is 9.10. The fourth-order valence-electron chi connectivity index (χ4n) is 1.79. The maximum absolute atomic E-state index is 13.4. The lowest BCUT2D eigenvalue weighted by Gasteiger charge is -2.19. The molecule has 100 valence electrons. The summed E-state index contributed by atoms with van der Waals surface area (Å²) in [4.78, 5) is 0. The highest BCUT2D eigenvalue weighted by atomic mass is 35.5. The average Bonchev–Trinajstić information content (AvgIpc) is 2.39. The molecular weight excluding hydrogens is 270 g/mol. The Kier molecular flexibility index (Phi) is 4.35. The monoisotopic (exact) mass is 282 g/mol. The summed E-state index contributed by atoms with van der Waals surface area (Å²) in [7, 11) is 0. The minimum atomic E-state index is -0.501. The highest BCUT2D eigenvalue weighted by Gasteiger charge is 2.12. The highest BCUT2D eigenvalue weighted by Crippen LogP contribution is 2.23. The summed E-state index contributed by atoms with van der Waals surface area (Å²) >= 11 is 5.63. The number of hydrogen-bond acceptors (Lipinski definition) is 2. The molecular formula is C14H13ClF2N2. The van der Waals surface area contributed by atoms with Gasteiger partial charge in [-0.25, -0.2) is 8.78 Å². The van der Waals surface area contributed by atoms with Crippen LogP contribution in [0.2, 0.25) is 5.02 Å². The molecule has 0 aromatic heterocycles. The van der Waals surface area contributed by atoms with Crippen LogP contribution in [0.15, 0.2) is 42.5 Å². The zero-order chi connectivity index (χ0) is 13.8. The first-order valence-electron chi connectivity index (χ1n) is 5.77. The third-order valence-corrected chi connectivity index (χ3v) is 3.05. The van der Waals surface area contributed by atoms with Gasteiger partial charge >= 0.3 is 0 Å². The van der Waals surface area contributed by atoms with E-state index in [-0.39, 0.29) is 23.4 Å². The zero-order valence-corrected chi connectivity index (χ0v) is 10.8. The number of anilines is 1. The Balaban J connectivity index is 2.22. The molecule has 0 heterocycles. The predicted molar refractivity (Wildman–Crippen MR) is 73.2 cm³/mol. The molecule has 0 bridgehead atoms. The van der Waals surface area contributed by atoms with E-state index in [9.17, 15) is 8.78 Å². The van der Waals surface area contributed by atoms with Gasteiger partial charge in [-0.3, -0.25) is 0 Å². The zero-order valence-electron chi connectivity index (χ0n) is 10.0. The number of nitrogens with two attached hydrogens (primary N) is 1. The van der Waals surface area contributed by atoms with Crippen molar-refractivity contribution in [3.8, 4) is 0 Å². The second-order valence-corrected chi connectivity index (χ2v) is 4.52. The minimum Gasteiger partial charge on any atom is -0.377 e. The number of hydrogen-bond donors (Lipinski definition) is 2. The summed E-state index contributed by atoms with van der Waals surface area (Å²) in [5.74, 6) is -0.846. The molecule has 1 atom stereocenters. The van der Waals surface area contributed by atoms with Crippen LogP contribution < -0.4 is 11.1 Å². The maximum atomic E-state index is 13.4. The van der Waals surface area contributed by atoms with Crippen molar-refractivity contribution in [2.24, 2.45) is 5.73 Å². The van der Waals surface area contributed by atoms with E-state index in [4.69, 9.17) is 17.3 Å². The van der Waals surface area contributed by atoms with Crippen LogP contribution in [0.5, 0.6) is 0 Å². The van der Waals surface area contributed by atoms with Gasteiger partial charge in [-0.05, 0) is 35.9 Å². The Labute approximate surface area is 115 Å². The first kappa shape index (κ1) is 13.8. The van der Waals surface area contributed by atoms with E-state index in [1.165, 1.54) is 24.3 Å². The first-order valence-corrected chi connectivity index (χ1v) is 6.15. The molecule has 0 radical (unpaired) electrons. The van der Waals surface area contributed by atoms with Crippen molar-refractivity contribution in [2.45, 2.75) is 6.04 Å². The second kappa shape index (κ2) is 5.99. The molecule has 0 amide bonds. The van der Waals surface area contributed by atoms with E-state index in [1.807, 2.05) is 0 Å². The number of benzene rings is 2. The Morgan fingerprint density at radius 3 is 2.58 bits per heavy atom. The molecule has 0 saturated carbocycles. The lowest BCUT2D eigenvalue weighted by atomic mass is 10.1. The van der Waals surface area contributed by atoms with Crippen LogP contribution in [-0.2, 0) is 0 Å². The van der Waals surface area contributed by atoms with Gasteiger partial charge in [0, 0.05) is 12.2 Å². The number of nitrogens with one attached hydrogen (secondary N) is 1. The van der Waals surface area contributed by atoms with Gasteiger partial charge < -0.3 is 11.1 Å². The largest absolute Gasteiger partial charge is 0.377 e. The molecule has 2 rings (SSSR count). The quantitative estimate of drug-likeness (QED) is 0.897. The van der Waals surface area contributed by atoms with E-state index in [1.54, 1.807) is 18.2 Å². The van der Waals surface area contributed by atoms with Crippen LogP contribution in [-0.4, -0.2) is 6.54 Å². The summed E-state index contributed by atoms with van der Waals surface area (Å²) in [6.45, 7) is 0.248. The third kappa shape index (κ3) is 3.43. The van der Waals surface area contributed by atoms with Crippen LogP contribution >= 0.6 is 11.6 Å². The van der Waals surface area contributed by atoms with Crippen molar-refractivity contribution in [3.63, 3.8) is 0 Å². The van der Waals surface area contributed by atoms with Gasteiger partial charge in [0.1, 0.15) is 11.6 Å². The summed E-state index contributed by atoms with van der Waals surface area (Å²) < 4.78 is 26.5. The molecule has 19 heavy (non-hydrogen) atoms. The lowest BCUT2D eigenvalue weighted by Crippen LogP contribution is -2.20. The summed E-state index contributed by atoms with van der Waals surface area (Å²) in [5.41, 5.74) is 6.92. The Bertz CT molecular complexity index is 575. The van der Waals surface area contributed by atoms with Crippen LogP contribution in [0.1, 0.15) is 11.6 Å². The molecule has 5 heteroatoms. The fraction of sp³-hybridized carbons (Fsp3) is 0.143. The molecule has 1 unspecified atom stereocenters. The van der Waals surface area contributed by atoms with Crippen molar-refractivity contribution < 1.29 is 8.78 Å². The molecule has 0 fully saturated rings. The van der Waals surface area contributed by atoms with Gasteiger partial charge in [0.2, 0.25) is 0 Å². The van der Waals surface area contributed by atoms with Crippen LogP contribution in [0.25, 0.3) is 0 Å². The van der Waals surface area contributed by atoms with Crippen molar-refractivity contribution in [1.82, 2.24) is 0 Å². The maximum Gasteiger partial charge on any atom is 0.142 e. The molecule has 0 aliphatic heterocycles. The summed E-state index contributed by atoms with van der Waals surface area (Å²) in [6.07, 6.45) is 0. The molecule has 0 aliphatic rings. The number of halogens is 3. The lowest BCUT2D eigenvalue weighted by molar-refractivity contribution is 0.621. The molecule has 2 aromatic carbocycles. The van der Waals surface area contributed by atoms with E-state index >= 15 is 0 Å². The smallest absolute Gasteiger partial charge is 0.142 e. The standard InChI is InChI=1S/C14H13ClF2N2/c15-12-5-4-9(6-13(12)17)14(8-18)19-11-3-1-2-10(16)7-11/h1-7,14,19H,8,18H2. The van der Waals surface area contributed by atoms with Gasteiger partial charge in [0.25, 0.3) is 0 Å². The second-order valence-electron chi connectivity index (χ2n) is 4.12. The predicted octanol–water partition coefficient (Wildman–Crippen LogP) is 3.73. The van der Waals surface area contributed by atoms with E-state index in [2.05, 4.69) is 5.32 Å². The van der Waals surface area contributed by atoms with Gasteiger partial charge in [-0.1, -0.05) is 23.7 Å². The van der Waals surface area contributed by atoms with E-state index in [0.717, 1.165) is 0 Å². The number of rotatable bonds is 4. The molecule has 2 aromatic rings. The summed E-state index contributed by atoms with van der Waals surface area (Å²) in [5, 5.41) is 3.12. The Hall–Kier alpha value is -1.65. The van der Waals surface area contributed by atoms with Crippen molar-refractivity contribution in [1.29, 1.82) is 0 Å². The van der Waals surface area contributed by atoms with Gasteiger partial charge in [-0.2, -0.15) is 0 Å². The van der Waals surface area contributed by atoms with Gasteiger partial charge in [0.05, 0.1) is 11.1 Å². The van der Waals surface area contributed by atoms with Crippen LogP contribution in [0, 0.1) is 11.6 Å². The SMILES string of the molecule is NCC(Nc1cccc(F)c1)c1ccc(Cl)c(F)c1. The minimum absolute atomic E-state index is 0.0604. The molecule has 0 saturated heterocycles. The van der Waals surface area contributed by atoms with E-state index < -0.39 is 5.82 Å². The van der Waals surface area contributed by atoms with E-state index in [0.29, 0.717) is 11.3 Å². The van der Waals surface area contributed by atoms with Gasteiger partial charge in [0.15, 0.2) is 0 Å². The molecule has 3 N–H and O–H groups in total. The Morgan fingerprint density at radius 2 is 1.95 bits per heavy atom. The van der Waals surface area contributed by atoms with Gasteiger partial charge in [-0.15, -0.1) is 0 Å². The summed E-state index contributed by atoms with van der Waals surface area (Å²) in [6, 6.07) is 10.2. The molecule has 0 spiro atoms. The molecule has 2 nitrogen and oxygen atoms in total. The van der Waals surface area contributed by atoms with Crippen LogP contribution in [0.4, 0.5) is 14.5 Å². The topological polar surface area (TPSA) is 38.0 Å². The van der Waals surface area contributed by atoms with Crippen molar-refractivity contribution in [3.05, 3.63) is 64.7 Å². The van der Waals surface area contributed by atoms with Crippen molar-refractivity contribution >= 4 is 17.3 Å². The average molecular weight is 283 g/mol.